The normalized spacial score (nSPS) is 20.8. The molecule has 138 valence electrons. The molecule has 0 aromatic heterocycles. The quantitative estimate of drug-likeness (QED) is 0.892. The van der Waals surface area contributed by atoms with Crippen molar-refractivity contribution in [2.45, 2.75) is 38.8 Å². The van der Waals surface area contributed by atoms with Gasteiger partial charge in [-0.1, -0.05) is 30.3 Å². The third kappa shape index (κ3) is 4.73. The van der Waals surface area contributed by atoms with E-state index < -0.39 is 0 Å². The molecular weight excluding hydrogens is 314 g/mol. The lowest BCUT2D eigenvalue weighted by molar-refractivity contribution is 0.0208. The first-order valence-electron chi connectivity index (χ1n) is 9.43. The summed E-state index contributed by atoms with van der Waals surface area (Å²) in [6.45, 7) is 7.18. The van der Waals surface area contributed by atoms with E-state index in [1.54, 1.807) is 0 Å². The molecular formula is C20H31N3O2. The first-order valence-corrected chi connectivity index (χ1v) is 9.43. The summed E-state index contributed by atoms with van der Waals surface area (Å²) in [6.07, 6.45) is 3.30. The van der Waals surface area contributed by atoms with Crippen LogP contribution in [0, 0.1) is 5.41 Å². The van der Waals surface area contributed by atoms with Gasteiger partial charge in [-0.3, -0.25) is 4.90 Å². The van der Waals surface area contributed by atoms with Crippen LogP contribution in [0.2, 0.25) is 0 Å². The zero-order chi connectivity index (χ0) is 17.7. The fraction of sp³-hybridized carbons (Fsp3) is 0.650. The number of urea groups is 1. The monoisotopic (exact) mass is 345 g/mol. The number of carbonyl (C=O) groups is 1. The number of rotatable bonds is 5. The molecule has 2 aliphatic rings. The number of benzene rings is 1. The van der Waals surface area contributed by atoms with Gasteiger partial charge < -0.3 is 15.0 Å². The Morgan fingerprint density at radius 3 is 2.72 bits per heavy atom. The molecule has 5 nitrogen and oxygen atoms in total. The number of likely N-dealkylation sites (tertiary alicyclic amines) is 1. The summed E-state index contributed by atoms with van der Waals surface area (Å²) in [5, 5.41) is 3.13. The number of carbonyl (C=O) groups excluding carboxylic acids is 1. The van der Waals surface area contributed by atoms with Crippen LogP contribution in [0.5, 0.6) is 0 Å². The van der Waals surface area contributed by atoms with Crippen LogP contribution in [-0.4, -0.2) is 61.8 Å². The van der Waals surface area contributed by atoms with Crippen LogP contribution < -0.4 is 5.32 Å². The molecule has 1 unspecified atom stereocenters. The molecule has 25 heavy (non-hydrogen) atoms. The average molecular weight is 345 g/mol. The van der Waals surface area contributed by atoms with Crippen LogP contribution in [0.3, 0.4) is 0 Å². The van der Waals surface area contributed by atoms with Gasteiger partial charge in [-0.2, -0.15) is 0 Å². The largest absolute Gasteiger partial charge is 0.381 e. The first kappa shape index (κ1) is 18.2. The molecule has 2 amide bonds. The second-order valence-corrected chi connectivity index (χ2v) is 7.72. The van der Waals surface area contributed by atoms with Crippen molar-refractivity contribution in [3.63, 3.8) is 0 Å². The second kappa shape index (κ2) is 8.19. The number of hydrogen-bond acceptors (Lipinski definition) is 3. The average Bonchev–Trinajstić information content (AvgIpc) is 3.04. The molecule has 1 spiro atoms. The zero-order valence-corrected chi connectivity index (χ0v) is 15.5. The highest BCUT2D eigenvalue weighted by atomic mass is 16.5. The summed E-state index contributed by atoms with van der Waals surface area (Å²) in [5.41, 5.74) is 1.61. The Balaban J connectivity index is 1.42. The van der Waals surface area contributed by atoms with E-state index in [-0.39, 0.29) is 6.03 Å². The molecule has 1 N–H and O–H groups in total. The Morgan fingerprint density at radius 1 is 1.28 bits per heavy atom. The third-order valence-corrected chi connectivity index (χ3v) is 5.85. The molecule has 0 saturated carbocycles. The first-order chi connectivity index (χ1) is 12.1. The van der Waals surface area contributed by atoms with E-state index in [1.807, 2.05) is 11.0 Å². The summed E-state index contributed by atoms with van der Waals surface area (Å²) in [7, 11) is 2.11. The zero-order valence-electron chi connectivity index (χ0n) is 15.5. The maximum Gasteiger partial charge on any atom is 0.317 e. The van der Waals surface area contributed by atoms with E-state index in [0.29, 0.717) is 18.0 Å². The van der Waals surface area contributed by atoms with Crippen LogP contribution in [0.25, 0.3) is 0 Å². The van der Waals surface area contributed by atoms with Crippen molar-refractivity contribution < 1.29 is 9.53 Å². The summed E-state index contributed by atoms with van der Waals surface area (Å²) in [6, 6.07) is 10.8. The topological polar surface area (TPSA) is 44.8 Å². The summed E-state index contributed by atoms with van der Waals surface area (Å²) in [4.78, 5) is 16.8. The fourth-order valence-corrected chi connectivity index (χ4v) is 3.85. The predicted octanol–water partition coefficient (Wildman–Crippen LogP) is 2.72. The van der Waals surface area contributed by atoms with Crippen molar-refractivity contribution in [2.75, 3.05) is 39.9 Å². The van der Waals surface area contributed by atoms with Crippen LogP contribution in [0.15, 0.2) is 30.3 Å². The SMILES string of the molecule is CC(CNC(=O)N1CCC2(CCOCC2)C1)N(C)Cc1ccccc1. The molecule has 1 aromatic rings. The van der Waals surface area contributed by atoms with Crippen LogP contribution >= 0.6 is 0 Å². The van der Waals surface area contributed by atoms with Gasteiger partial charge in [0.05, 0.1) is 0 Å². The van der Waals surface area contributed by atoms with Crippen molar-refractivity contribution in [3.8, 4) is 0 Å². The van der Waals surface area contributed by atoms with Gasteiger partial charge in [-0.05, 0) is 44.2 Å². The van der Waals surface area contributed by atoms with E-state index in [9.17, 15) is 4.79 Å². The fourth-order valence-electron chi connectivity index (χ4n) is 3.85. The second-order valence-electron chi connectivity index (χ2n) is 7.72. The van der Waals surface area contributed by atoms with Crippen molar-refractivity contribution in [1.82, 2.24) is 15.1 Å². The summed E-state index contributed by atoms with van der Waals surface area (Å²) in [5.74, 6) is 0. The molecule has 0 aliphatic carbocycles. The predicted molar refractivity (Wildman–Crippen MR) is 99.4 cm³/mol. The van der Waals surface area contributed by atoms with E-state index in [0.717, 1.165) is 52.1 Å². The molecule has 0 radical (unpaired) electrons. The standard InChI is InChI=1S/C20H31N3O2/c1-17(22(2)15-18-6-4-3-5-7-18)14-21-19(24)23-11-8-20(16-23)9-12-25-13-10-20/h3-7,17H,8-16H2,1-2H3,(H,21,24). The minimum atomic E-state index is 0.0864. The van der Waals surface area contributed by atoms with Crippen LogP contribution in [0.4, 0.5) is 4.79 Å². The number of nitrogens with one attached hydrogen (secondary N) is 1. The molecule has 0 bridgehead atoms. The van der Waals surface area contributed by atoms with E-state index in [4.69, 9.17) is 4.74 Å². The van der Waals surface area contributed by atoms with Crippen molar-refractivity contribution in [3.05, 3.63) is 35.9 Å². The Labute approximate surface area is 151 Å². The highest BCUT2D eigenvalue weighted by Gasteiger charge is 2.40. The Kier molecular flexibility index (Phi) is 5.97. The molecule has 2 saturated heterocycles. The van der Waals surface area contributed by atoms with Crippen molar-refractivity contribution in [1.29, 1.82) is 0 Å². The maximum absolute atomic E-state index is 12.5. The van der Waals surface area contributed by atoms with Gasteiger partial charge >= 0.3 is 6.03 Å². The van der Waals surface area contributed by atoms with Gasteiger partial charge in [-0.25, -0.2) is 4.79 Å². The molecule has 2 aliphatic heterocycles. The van der Waals surface area contributed by atoms with Gasteiger partial charge in [0, 0.05) is 45.4 Å². The van der Waals surface area contributed by atoms with Gasteiger partial charge in [0.25, 0.3) is 0 Å². The minimum Gasteiger partial charge on any atom is -0.381 e. The smallest absolute Gasteiger partial charge is 0.317 e. The highest BCUT2D eigenvalue weighted by molar-refractivity contribution is 5.74. The molecule has 3 rings (SSSR count). The number of ether oxygens (including phenoxy) is 1. The highest BCUT2D eigenvalue weighted by Crippen LogP contribution is 2.39. The molecule has 2 heterocycles. The maximum atomic E-state index is 12.5. The molecule has 1 atom stereocenters. The number of hydrogen-bond donors (Lipinski definition) is 1. The minimum absolute atomic E-state index is 0.0864. The Hall–Kier alpha value is -1.59. The molecule has 5 heteroatoms. The summed E-state index contributed by atoms with van der Waals surface area (Å²) >= 11 is 0. The van der Waals surface area contributed by atoms with E-state index in [1.165, 1.54) is 5.56 Å². The van der Waals surface area contributed by atoms with Crippen molar-refractivity contribution >= 4 is 6.03 Å². The Morgan fingerprint density at radius 2 is 2.00 bits per heavy atom. The third-order valence-electron chi connectivity index (χ3n) is 5.85. The molecule has 2 fully saturated rings. The van der Waals surface area contributed by atoms with Crippen LogP contribution in [-0.2, 0) is 11.3 Å². The van der Waals surface area contributed by atoms with E-state index in [2.05, 4.69) is 48.5 Å². The van der Waals surface area contributed by atoms with Crippen molar-refractivity contribution in [2.24, 2.45) is 5.41 Å². The lowest BCUT2D eigenvalue weighted by Crippen LogP contribution is -2.45. The van der Waals surface area contributed by atoms with Gasteiger partial charge in [-0.15, -0.1) is 0 Å². The van der Waals surface area contributed by atoms with Gasteiger partial charge in [0.15, 0.2) is 0 Å². The van der Waals surface area contributed by atoms with Crippen LogP contribution in [0.1, 0.15) is 31.7 Å². The van der Waals surface area contributed by atoms with E-state index >= 15 is 0 Å². The number of likely N-dealkylation sites (N-methyl/N-ethyl adjacent to an activating group) is 1. The summed E-state index contributed by atoms with van der Waals surface area (Å²) < 4.78 is 5.48. The molecule has 1 aromatic carbocycles. The van der Waals surface area contributed by atoms with Gasteiger partial charge in [0.1, 0.15) is 0 Å². The Bertz CT molecular complexity index is 557. The number of amides is 2. The number of nitrogens with zero attached hydrogens (tertiary/aromatic N) is 2. The lowest BCUT2D eigenvalue weighted by atomic mass is 9.80. The van der Waals surface area contributed by atoms with Gasteiger partial charge in [0.2, 0.25) is 0 Å². The lowest BCUT2D eigenvalue weighted by Gasteiger charge is -2.33.